The SMILES string of the molecule is Cc1noc(C)c1C(C)NC1CC(NC(=O)OC(C)(C)C)C1. The minimum atomic E-state index is -0.455. The molecule has 0 aromatic carbocycles. The van der Waals surface area contributed by atoms with Crippen LogP contribution >= 0.6 is 0 Å². The third-order valence-corrected chi connectivity index (χ3v) is 3.87. The van der Waals surface area contributed by atoms with Crippen molar-refractivity contribution in [1.82, 2.24) is 15.8 Å². The highest BCUT2D eigenvalue weighted by Crippen LogP contribution is 2.27. The number of carbonyl (C=O) groups excluding carboxylic acids is 1. The molecule has 2 rings (SSSR count). The molecule has 0 spiro atoms. The number of alkyl carbamates (subject to hydrolysis) is 1. The highest BCUT2D eigenvalue weighted by molar-refractivity contribution is 5.68. The second kappa shape index (κ2) is 6.28. The van der Waals surface area contributed by atoms with Crippen LogP contribution in [0, 0.1) is 13.8 Å². The number of nitrogens with zero attached hydrogens (tertiary/aromatic N) is 1. The van der Waals surface area contributed by atoms with Gasteiger partial charge in [-0.05, 0) is 54.4 Å². The molecular formula is C16H27N3O3. The topological polar surface area (TPSA) is 76.4 Å². The fourth-order valence-corrected chi connectivity index (χ4v) is 2.89. The highest BCUT2D eigenvalue weighted by Gasteiger charge is 2.33. The zero-order valence-electron chi connectivity index (χ0n) is 14.3. The molecule has 1 fully saturated rings. The Hall–Kier alpha value is -1.56. The summed E-state index contributed by atoms with van der Waals surface area (Å²) < 4.78 is 10.5. The summed E-state index contributed by atoms with van der Waals surface area (Å²) in [4.78, 5) is 11.7. The quantitative estimate of drug-likeness (QED) is 0.894. The van der Waals surface area contributed by atoms with Gasteiger partial charge in [0.1, 0.15) is 11.4 Å². The highest BCUT2D eigenvalue weighted by atomic mass is 16.6. The molecule has 1 aromatic rings. The molecule has 1 heterocycles. The Morgan fingerprint density at radius 3 is 2.45 bits per heavy atom. The fourth-order valence-electron chi connectivity index (χ4n) is 2.89. The van der Waals surface area contributed by atoms with Crippen molar-refractivity contribution in [3.05, 3.63) is 17.0 Å². The zero-order valence-corrected chi connectivity index (χ0v) is 14.3. The Kier molecular flexibility index (Phi) is 4.80. The standard InChI is InChI=1S/C16H27N3O3/c1-9(14-10(2)19-22-11(14)3)17-12-7-13(8-12)18-15(20)21-16(4,5)6/h9,12-13,17H,7-8H2,1-6H3,(H,18,20). The van der Waals surface area contributed by atoms with Gasteiger partial charge in [-0.2, -0.15) is 0 Å². The van der Waals surface area contributed by atoms with Crippen LogP contribution in [0.25, 0.3) is 0 Å². The molecule has 1 amide bonds. The summed E-state index contributed by atoms with van der Waals surface area (Å²) in [5, 5.41) is 10.4. The van der Waals surface area contributed by atoms with E-state index in [2.05, 4.69) is 22.7 Å². The van der Waals surface area contributed by atoms with E-state index in [4.69, 9.17) is 9.26 Å². The van der Waals surface area contributed by atoms with Gasteiger partial charge in [0.05, 0.1) is 5.69 Å². The number of amides is 1. The minimum absolute atomic E-state index is 0.184. The fraction of sp³-hybridized carbons (Fsp3) is 0.750. The Morgan fingerprint density at radius 2 is 1.95 bits per heavy atom. The first-order chi connectivity index (χ1) is 10.2. The van der Waals surface area contributed by atoms with Crippen molar-refractivity contribution < 1.29 is 14.1 Å². The maximum Gasteiger partial charge on any atom is 0.407 e. The molecule has 0 aliphatic heterocycles. The lowest BCUT2D eigenvalue weighted by atomic mass is 9.86. The van der Waals surface area contributed by atoms with Crippen LogP contribution in [0.15, 0.2) is 4.52 Å². The predicted molar refractivity (Wildman–Crippen MR) is 83.7 cm³/mol. The summed E-state index contributed by atoms with van der Waals surface area (Å²) >= 11 is 0. The van der Waals surface area contributed by atoms with Crippen molar-refractivity contribution in [3.8, 4) is 0 Å². The molecule has 1 aliphatic carbocycles. The number of aromatic nitrogens is 1. The molecule has 124 valence electrons. The van der Waals surface area contributed by atoms with Gasteiger partial charge in [0.25, 0.3) is 0 Å². The number of nitrogens with one attached hydrogen (secondary N) is 2. The van der Waals surface area contributed by atoms with Gasteiger partial charge < -0.3 is 19.9 Å². The van der Waals surface area contributed by atoms with Crippen molar-refractivity contribution in [2.45, 2.75) is 78.1 Å². The lowest BCUT2D eigenvalue weighted by Gasteiger charge is -2.38. The summed E-state index contributed by atoms with van der Waals surface area (Å²) in [6, 6.07) is 0.770. The minimum Gasteiger partial charge on any atom is -0.444 e. The molecule has 6 heteroatoms. The largest absolute Gasteiger partial charge is 0.444 e. The average Bonchev–Trinajstić information content (AvgIpc) is 2.63. The van der Waals surface area contributed by atoms with Gasteiger partial charge in [-0.25, -0.2) is 4.79 Å². The van der Waals surface area contributed by atoms with Crippen LogP contribution in [0.4, 0.5) is 4.79 Å². The van der Waals surface area contributed by atoms with E-state index in [0.29, 0.717) is 6.04 Å². The molecule has 6 nitrogen and oxygen atoms in total. The number of hydrogen-bond acceptors (Lipinski definition) is 5. The Bertz CT molecular complexity index is 508. The van der Waals surface area contributed by atoms with Crippen LogP contribution in [0.1, 0.15) is 63.6 Å². The van der Waals surface area contributed by atoms with Gasteiger partial charge in [0, 0.05) is 23.7 Å². The zero-order chi connectivity index (χ0) is 16.5. The van der Waals surface area contributed by atoms with Crippen molar-refractivity contribution >= 4 is 6.09 Å². The van der Waals surface area contributed by atoms with E-state index in [-0.39, 0.29) is 18.2 Å². The van der Waals surface area contributed by atoms with Gasteiger partial charge in [0.15, 0.2) is 0 Å². The summed E-state index contributed by atoms with van der Waals surface area (Å²) in [6.07, 6.45) is 1.48. The van der Waals surface area contributed by atoms with Crippen LogP contribution in [0.5, 0.6) is 0 Å². The molecule has 2 N–H and O–H groups in total. The lowest BCUT2D eigenvalue weighted by Crippen LogP contribution is -2.53. The molecule has 0 bridgehead atoms. The average molecular weight is 309 g/mol. The van der Waals surface area contributed by atoms with Crippen molar-refractivity contribution in [2.24, 2.45) is 0 Å². The molecule has 0 saturated heterocycles. The first-order valence-electron chi connectivity index (χ1n) is 7.84. The Balaban J connectivity index is 1.75. The Labute approximate surface area is 132 Å². The second-order valence-electron chi connectivity index (χ2n) is 7.14. The lowest BCUT2D eigenvalue weighted by molar-refractivity contribution is 0.0463. The van der Waals surface area contributed by atoms with E-state index in [1.54, 1.807) is 0 Å². The van der Waals surface area contributed by atoms with Crippen molar-refractivity contribution in [1.29, 1.82) is 0 Å². The third-order valence-electron chi connectivity index (χ3n) is 3.87. The van der Waals surface area contributed by atoms with Crippen molar-refractivity contribution in [3.63, 3.8) is 0 Å². The molecule has 22 heavy (non-hydrogen) atoms. The van der Waals surface area contributed by atoms with E-state index >= 15 is 0 Å². The van der Waals surface area contributed by atoms with Gasteiger partial charge in [0.2, 0.25) is 0 Å². The van der Waals surface area contributed by atoms with Crippen LogP contribution < -0.4 is 10.6 Å². The molecule has 0 radical (unpaired) electrons. The Morgan fingerprint density at radius 1 is 1.32 bits per heavy atom. The summed E-state index contributed by atoms with van der Waals surface area (Å²) in [5.74, 6) is 0.861. The van der Waals surface area contributed by atoms with Crippen molar-refractivity contribution in [2.75, 3.05) is 0 Å². The first-order valence-corrected chi connectivity index (χ1v) is 7.84. The molecule has 1 aromatic heterocycles. The number of carbonyl (C=O) groups is 1. The van der Waals surface area contributed by atoms with E-state index in [1.807, 2.05) is 34.6 Å². The van der Waals surface area contributed by atoms with Crippen LogP contribution in [-0.4, -0.2) is 28.9 Å². The maximum atomic E-state index is 11.7. The molecular weight excluding hydrogens is 282 g/mol. The van der Waals surface area contributed by atoms with Crippen LogP contribution in [0.2, 0.25) is 0 Å². The molecule has 1 saturated carbocycles. The summed E-state index contributed by atoms with van der Waals surface area (Å²) in [6.45, 7) is 11.6. The van der Waals surface area contributed by atoms with Crippen LogP contribution in [-0.2, 0) is 4.74 Å². The monoisotopic (exact) mass is 309 g/mol. The van der Waals surface area contributed by atoms with E-state index in [9.17, 15) is 4.79 Å². The smallest absolute Gasteiger partial charge is 0.407 e. The van der Waals surface area contributed by atoms with E-state index < -0.39 is 5.60 Å². The maximum absolute atomic E-state index is 11.7. The van der Waals surface area contributed by atoms with E-state index in [1.165, 1.54) is 0 Å². The normalized spacial score (nSPS) is 22.8. The van der Waals surface area contributed by atoms with Gasteiger partial charge in [-0.15, -0.1) is 0 Å². The number of ether oxygens (including phenoxy) is 1. The number of aryl methyl sites for hydroxylation is 2. The van der Waals surface area contributed by atoms with Gasteiger partial charge in [-0.3, -0.25) is 0 Å². The van der Waals surface area contributed by atoms with E-state index in [0.717, 1.165) is 29.9 Å². The first kappa shape index (κ1) is 16.8. The predicted octanol–water partition coefficient (Wildman–Crippen LogP) is 3.00. The number of hydrogen-bond donors (Lipinski definition) is 2. The summed E-state index contributed by atoms with van der Waals surface area (Å²) in [5.41, 5.74) is 1.60. The summed E-state index contributed by atoms with van der Waals surface area (Å²) in [7, 11) is 0. The molecule has 1 unspecified atom stereocenters. The van der Waals surface area contributed by atoms with Crippen LogP contribution in [0.3, 0.4) is 0 Å². The second-order valence-corrected chi connectivity index (χ2v) is 7.14. The number of rotatable bonds is 4. The van der Waals surface area contributed by atoms with Gasteiger partial charge >= 0.3 is 6.09 Å². The third kappa shape index (κ3) is 4.22. The molecule has 1 atom stereocenters. The van der Waals surface area contributed by atoms with Gasteiger partial charge in [-0.1, -0.05) is 5.16 Å². The molecule has 1 aliphatic rings.